The zero-order valence-corrected chi connectivity index (χ0v) is 15.1. The second-order valence-electron chi connectivity index (χ2n) is 7.03. The van der Waals surface area contributed by atoms with Crippen molar-refractivity contribution in [3.63, 3.8) is 0 Å². The van der Waals surface area contributed by atoms with Gasteiger partial charge in [0.1, 0.15) is 12.0 Å². The highest BCUT2D eigenvalue weighted by Gasteiger charge is 2.34. The number of aromatic nitrogens is 4. The first-order chi connectivity index (χ1) is 12.0. The lowest BCUT2D eigenvalue weighted by Gasteiger charge is -2.18. The van der Waals surface area contributed by atoms with Gasteiger partial charge in [0.25, 0.3) is 0 Å². The Bertz CT molecular complexity index is 1030. The molecule has 3 aromatic rings. The Labute approximate surface area is 146 Å². The van der Waals surface area contributed by atoms with Crippen LogP contribution < -0.4 is 0 Å². The molecule has 0 saturated carbocycles. The third-order valence-corrected chi connectivity index (χ3v) is 6.90. The van der Waals surface area contributed by atoms with Gasteiger partial charge in [-0.25, -0.2) is 27.7 Å². The fourth-order valence-corrected chi connectivity index (χ4v) is 5.47. The first-order valence-corrected chi connectivity index (χ1v) is 10.1. The minimum absolute atomic E-state index is 0.0768. The average Bonchev–Trinajstić information content (AvgIpc) is 3.22. The molecule has 8 heteroatoms. The molecule has 1 N–H and O–H groups in total. The normalized spacial score (nSPS) is 19.4. The molecule has 1 unspecified atom stereocenters. The van der Waals surface area contributed by atoms with Crippen molar-refractivity contribution in [3.05, 3.63) is 30.5 Å². The van der Waals surface area contributed by atoms with Crippen molar-refractivity contribution >= 4 is 32.0 Å². The number of aromatic amines is 1. The maximum absolute atomic E-state index is 12.5. The SMILES string of the molecule is CC(C)CS(=O)(=O)N1CCC(c2ncnc3cnc4[nH]ccc4c23)C1. The van der Waals surface area contributed by atoms with Gasteiger partial charge in [0, 0.05) is 36.0 Å². The van der Waals surface area contributed by atoms with Crippen molar-refractivity contribution < 1.29 is 8.42 Å². The van der Waals surface area contributed by atoms with Gasteiger partial charge in [-0.1, -0.05) is 13.8 Å². The number of sulfonamides is 1. The number of H-pyrrole nitrogens is 1. The summed E-state index contributed by atoms with van der Waals surface area (Å²) in [4.78, 5) is 16.3. The number of hydrogen-bond donors (Lipinski definition) is 1. The van der Waals surface area contributed by atoms with Crippen LogP contribution in [0.4, 0.5) is 0 Å². The van der Waals surface area contributed by atoms with Gasteiger partial charge in [-0.05, 0) is 18.4 Å². The molecule has 0 bridgehead atoms. The molecule has 1 aliphatic rings. The molecule has 132 valence electrons. The maximum Gasteiger partial charge on any atom is 0.214 e. The summed E-state index contributed by atoms with van der Waals surface area (Å²) in [7, 11) is -3.21. The van der Waals surface area contributed by atoms with Crippen LogP contribution in [-0.2, 0) is 10.0 Å². The van der Waals surface area contributed by atoms with E-state index in [1.165, 1.54) is 0 Å². The first-order valence-electron chi connectivity index (χ1n) is 8.50. The minimum atomic E-state index is -3.21. The van der Waals surface area contributed by atoms with Gasteiger partial charge in [-0.2, -0.15) is 0 Å². The smallest absolute Gasteiger partial charge is 0.214 e. The molecule has 3 aromatic heterocycles. The van der Waals surface area contributed by atoms with E-state index >= 15 is 0 Å². The van der Waals surface area contributed by atoms with Crippen LogP contribution in [0.25, 0.3) is 21.9 Å². The highest BCUT2D eigenvalue weighted by Crippen LogP contribution is 2.34. The quantitative estimate of drug-likeness (QED) is 0.771. The third-order valence-electron chi connectivity index (χ3n) is 4.69. The predicted molar refractivity (Wildman–Crippen MR) is 96.7 cm³/mol. The van der Waals surface area contributed by atoms with E-state index in [4.69, 9.17) is 0 Å². The average molecular weight is 359 g/mol. The predicted octanol–water partition coefficient (Wildman–Crippen LogP) is 2.28. The van der Waals surface area contributed by atoms with Crippen LogP contribution in [0.1, 0.15) is 31.9 Å². The minimum Gasteiger partial charge on any atom is -0.346 e. The number of nitrogens with one attached hydrogen (secondary N) is 1. The van der Waals surface area contributed by atoms with Crippen molar-refractivity contribution in [1.82, 2.24) is 24.2 Å². The highest BCUT2D eigenvalue weighted by atomic mass is 32.2. The second-order valence-corrected chi connectivity index (χ2v) is 9.05. The molecular formula is C17H21N5O2S. The molecule has 0 spiro atoms. The zero-order chi connectivity index (χ0) is 17.6. The molecule has 25 heavy (non-hydrogen) atoms. The van der Waals surface area contributed by atoms with E-state index in [0.717, 1.165) is 34.1 Å². The molecule has 0 aromatic carbocycles. The highest BCUT2D eigenvalue weighted by molar-refractivity contribution is 7.89. The van der Waals surface area contributed by atoms with Crippen LogP contribution in [0.5, 0.6) is 0 Å². The molecule has 7 nitrogen and oxygen atoms in total. The molecule has 1 fully saturated rings. The lowest BCUT2D eigenvalue weighted by atomic mass is 9.99. The van der Waals surface area contributed by atoms with E-state index in [2.05, 4.69) is 19.9 Å². The number of nitrogens with zero attached hydrogens (tertiary/aromatic N) is 4. The summed E-state index contributed by atoms with van der Waals surface area (Å²) < 4.78 is 26.7. The Morgan fingerprint density at radius 1 is 1.32 bits per heavy atom. The summed E-state index contributed by atoms with van der Waals surface area (Å²) in [6.45, 7) is 4.89. The standard InChI is InChI=1S/C17H21N5O2S/c1-11(2)9-25(23,24)22-6-4-12(8-22)16-15-13-3-5-18-17(13)19-7-14(15)20-10-21-16/h3,5,7,10-12H,4,6,8-9H2,1-2H3,(H,18,19). The van der Waals surface area contributed by atoms with Crippen molar-refractivity contribution in [2.24, 2.45) is 5.92 Å². The van der Waals surface area contributed by atoms with Crippen molar-refractivity contribution in [1.29, 1.82) is 0 Å². The van der Waals surface area contributed by atoms with Gasteiger partial charge in [0.05, 0.1) is 23.2 Å². The van der Waals surface area contributed by atoms with Gasteiger partial charge in [-0.15, -0.1) is 0 Å². The first kappa shape index (κ1) is 16.4. The van der Waals surface area contributed by atoms with Gasteiger partial charge in [0.2, 0.25) is 10.0 Å². The number of fused-ring (bicyclic) bond motifs is 3. The van der Waals surface area contributed by atoms with Gasteiger partial charge >= 0.3 is 0 Å². The molecule has 0 radical (unpaired) electrons. The van der Waals surface area contributed by atoms with Crippen molar-refractivity contribution in [3.8, 4) is 0 Å². The Balaban J connectivity index is 1.73. The van der Waals surface area contributed by atoms with E-state index < -0.39 is 10.0 Å². The van der Waals surface area contributed by atoms with Crippen LogP contribution in [0.3, 0.4) is 0 Å². The molecule has 1 atom stereocenters. The van der Waals surface area contributed by atoms with Crippen molar-refractivity contribution in [2.45, 2.75) is 26.2 Å². The van der Waals surface area contributed by atoms with E-state index in [1.807, 2.05) is 26.1 Å². The summed E-state index contributed by atoms with van der Waals surface area (Å²) in [5.41, 5.74) is 2.51. The fraction of sp³-hybridized carbons (Fsp3) is 0.471. The summed E-state index contributed by atoms with van der Waals surface area (Å²) in [5.74, 6) is 0.387. The van der Waals surface area contributed by atoms with E-state index in [-0.39, 0.29) is 17.6 Å². The van der Waals surface area contributed by atoms with E-state index in [9.17, 15) is 8.42 Å². The largest absolute Gasteiger partial charge is 0.346 e. The number of rotatable bonds is 4. The lowest BCUT2D eigenvalue weighted by molar-refractivity contribution is 0.465. The molecule has 0 amide bonds. The van der Waals surface area contributed by atoms with Gasteiger partial charge in [0.15, 0.2) is 0 Å². The Hall–Kier alpha value is -2.06. The number of pyridine rings is 1. The Morgan fingerprint density at radius 3 is 2.96 bits per heavy atom. The fourth-order valence-electron chi connectivity index (χ4n) is 3.62. The Kier molecular flexibility index (Phi) is 3.96. The molecule has 0 aliphatic carbocycles. The van der Waals surface area contributed by atoms with Crippen molar-refractivity contribution in [2.75, 3.05) is 18.8 Å². The lowest BCUT2D eigenvalue weighted by Crippen LogP contribution is -2.32. The molecule has 4 rings (SSSR count). The van der Waals surface area contributed by atoms with Crippen LogP contribution in [0.15, 0.2) is 24.8 Å². The summed E-state index contributed by atoms with van der Waals surface area (Å²) in [6, 6.07) is 1.97. The Morgan fingerprint density at radius 2 is 2.16 bits per heavy atom. The zero-order valence-electron chi connectivity index (χ0n) is 14.3. The monoisotopic (exact) mass is 359 g/mol. The van der Waals surface area contributed by atoms with Crippen LogP contribution >= 0.6 is 0 Å². The van der Waals surface area contributed by atoms with E-state index in [1.54, 1.807) is 16.8 Å². The topological polar surface area (TPSA) is 91.8 Å². The van der Waals surface area contributed by atoms with Crippen LogP contribution in [0.2, 0.25) is 0 Å². The second kappa shape index (κ2) is 6.03. The molecular weight excluding hydrogens is 338 g/mol. The summed E-state index contributed by atoms with van der Waals surface area (Å²) in [5, 5.41) is 1.96. The molecule has 1 saturated heterocycles. The van der Waals surface area contributed by atoms with Crippen LogP contribution in [-0.4, -0.2) is 51.5 Å². The maximum atomic E-state index is 12.5. The summed E-state index contributed by atoms with van der Waals surface area (Å²) >= 11 is 0. The van der Waals surface area contributed by atoms with E-state index in [0.29, 0.717) is 13.1 Å². The molecule has 4 heterocycles. The van der Waals surface area contributed by atoms with Crippen LogP contribution in [0, 0.1) is 5.92 Å². The molecule has 1 aliphatic heterocycles. The third kappa shape index (κ3) is 2.89. The van der Waals surface area contributed by atoms with Gasteiger partial charge < -0.3 is 4.98 Å². The summed E-state index contributed by atoms with van der Waals surface area (Å²) in [6.07, 6.45) is 5.91. The number of hydrogen-bond acceptors (Lipinski definition) is 5. The van der Waals surface area contributed by atoms with Gasteiger partial charge in [-0.3, -0.25) is 0 Å².